The van der Waals surface area contributed by atoms with Gasteiger partial charge in [0.25, 0.3) is 0 Å². The Hall–Kier alpha value is 8.23. The normalized spacial score (nSPS) is 8.38. The van der Waals surface area contributed by atoms with E-state index in [4.69, 9.17) is 0 Å². The van der Waals surface area contributed by atoms with Crippen molar-refractivity contribution in [1.82, 2.24) is 0 Å². The third-order valence-electron chi connectivity index (χ3n) is 2.62. The number of hydrogen-bond acceptors (Lipinski definition) is 6. The van der Waals surface area contributed by atoms with Crippen LogP contribution >= 0.6 is 12.4 Å². The average Bonchev–Trinajstić information content (AvgIpc) is 2.49. The molecule has 12 N–H and O–H groups in total. The van der Waals surface area contributed by atoms with Crippen LogP contribution in [0.1, 0.15) is 27.4 Å². The van der Waals surface area contributed by atoms with Crippen molar-refractivity contribution in [1.29, 1.82) is 0 Å². The van der Waals surface area contributed by atoms with E-state index < -0.39 is 17.5 Å². The molecule has 0 bridgehead atoms. The second kappa shape index (κ2) is 70.8. The second-order valence-corrected chi connectivity index (χ2v) is 9.93. The molecule has 2 atom stereocenters. The molecule has 2 rings (SSSR count). The minimum atomic E-state index is -3.44. The Labute approximate surface area is 493 Å². The van der Waals surface area contributed by atoms with Crippen LogP contribution < -0.4 is 243 Å². The Bertz CT molecular complexity index is 827. The molecule has 0 aliphatic heterocycles. The summed E-state index contributed by atoms with van der Waals surface area (Å²) < 4.78 is 43.0. The van der Waals surface area contributed by atoms with Gasteiger partial charge in [-0.25, -0.2) is 0 Å². The van der Waals surface area contributed by atoms with E-state index in [0.717, 1.165) is 11.1 Å². The standard InChI is InChI=1S/2C7H8O2S2.2CH4.B2.4ClH.4K.2Mg.6H2O.H/c2*1-6-2-4-7(5-3-6)11(8,9)10;;;1-2;;;;;;;;;;;;;;;;;/h2*2-5H,1H3,(H,8,9,10);2*1H4;;4*1H;;;;;;;6*1H2;/q;;;;;;;;;4*+1;2*+2;;;;;;;-1/p-5. The van der Waals surface area contributed by atoms with Crippen LogP contribution in [0.2, 0.25) is 0 Å². The van der Waals surface area contributed by atoms with Gasteiger partial charge < -0.3 is 80.6 Å². The molecule has 224 valence electrons. The molecule has 42 heavy (non-hydrogen) atoms. The smallest absolute Gasteiger partial charge is 1.00 e. The summed E-state index contributed by atoms with van der Waals surface area (Å²) in [6.45, 7) is 3.78. The van der Waals surface area contributed by atoms with E-state index in [0.29, 0.717) is 0 Å². The van der Waals surface area contributed by atoms with Gasteiger partial charge in [-0.3, -0.25) is 8.42 Å². The first-order chi connectivity index (χ1) is 11.0. The Morgan fingerprint density at radius 2 is 0.690 bits per heavy atom. The topological polar surface area (TPSA) is 269 Å². The van der Waals surface area contributed by atoms with Crippen molar-refractivity contribution < 1.29 is 295 Å². The van der Waals surface area contributed by atoms with Crippen LogP contribution in [0.25, 0.3) is 0 Å². The van der Waals surface area contributed by atoms with Crippen LogP contribution in [0, 0.1) is 13.8 Å². The molecule has 2 aromatic carbocycles. The Morgan fingerprint density at radius 1 is 0.571 bits per heavy atom. The molecule has 2 unspecified atom stereocenters. The molecule has 0 saturated carbocycles. The zero-order valence-corrected chi connectivity index (χ0v) is 44.7. The van der Waals surface area contributed by atoms with Gasteiger partial charge in [0.1, 0.15) is 0 Å². The molecule has 0 aliphatic carbocycles. The van der Waals surface area contributed by atoms with E-state index in [-0.39, 0.29) is 360 Å². The second-order valence-electron chi connectivity index (χ2n) is 4.53. The molecule has 0 saturated heterocycles. The summed E-state index contributed by atoms with van der Waals surface area (Å²) >= 11 is 8.53. The predicted octanol–water partition coefficient (Wildman–Crippen LogP) is -23.2. The van der Waals surface area contributed by atoms with Gasteiger partial charge in [0, 0.05) is 25.3 Å². The van der Waals surface area contributed by atoms with Crippen molar-refractivity contribution in [3.63, 3.8) is 0 Å². The minimum Gasteiger partial charge on any atom is -1.00 e. The van der Waals surface area contributed by atoms with Crippen LogP contribution in [0.15, 0.2) is 58.3 Å². The third kappa shape index (κ3) is 66.5. The maximum atomic E-state index is 10.8. The Kier molecular flexibility index (Phi) is 210. The van der Waals surface area contributed by atoms with Gasteiger partial charge in [0.05, 0.1) is 0 Å². The van der Waals surface area contributed by atoms with Crippen LogP contribution in [-0.4, -0.2) is 112 Å². The van der Waals surface area contributed by atoms with Gasteiger partial charge in [-0.1, -0.05) is 50.2 Å². The molecule has 0 amide bonds. The molecule has 0 heterocycles. The fraction of sp³-hybridized carbons (Fsp3) is 0.250. The molecular formula is C16H36B2Cl4K4Mg2O10S4+2. The van der Waals surface area contributed by atoms with Crippen molar-refractivity contribution in [3.05, 3.63) is 59.7 Å². The summed E-state index contributed by atoms with van der Waals surface area (Å²) in [6.07, 6.45) is 0. The van der Waals surface area contributed by atoms with Crippen molar-refractivity contribution in [2.75, 3.05) is 0 Å². The van der Waals surface area contributed by atoms with Crippen LogP contribution in [-0.2, 0) is 39.9 Å². The SMILES string of the molecule is C.C.Cc1ccc(S(=O)([O-])=S)cc1.Cc1ccc(S(=O)([O-])=S)cc1.Cl.O.O.O.O.O.O.[B][B].[Cl-].[Cl-].[Cl-].[H-].[K+].[K+].[K+].[K+].[Mg+2].[Mg+2]. The summed E-state index contributed by atoms with van der Waals surface area (Å²) in [5, 5.41) is 0. The van der Waals surface area contributed by atoms with Crippen molar-refractivity contribution in [3.8, 4) is 0 Å². The predicted molar refractivity (Wildman–Crippen MR) is 158 cm³/mol. The van der Waals surface area contributed by atoms with Gasteiger partial charge in [0.2, 0.25) is 0 Å². The molecule has 4 radical (unpaired) electrons. The molecule has 0 spiro atoms. The fourth-order valence-electron chi connectivity index (χ4n) is 1.41. The maximum Gasteiger partial charge on any atom is 2.00 e. The minimum absolute atomic E-state index is 0. The first-order valence-electron chi connectivity index (χ1n) is 6.38. The molecule has 0 aliphatic rings. The monoisotopic (exact) mass is 882 g/mol. The van der Waals surface area contributed by atoms with E-state index in [2.05, 4.69) is 37.9 Å². The summed E-state index contributed by atoms with van der Waals surface area (Å²) in [7, 11) is 1.13. The maximum absolute atomic E-state index is 10.8. The Morgan fingerprint density at radius 3 is 0.786 bits per heavy atom. The van der Waals surface area contributed by atoms with E-state index in [9.17, 15) is 17.5 Å². The number of hydrogen-bond donors (Lipinski definition) is 0. The molecule has 0 fully saturated rings. The largest absolute Gasteiger partial charge is 2.00 e. The zero-order valence-electron chi connectivity index (χ0n) is 24.0. The molecule has 2 aromatic rings. The third-order valence-corrected chi connectivity index (χ3v) is 5.47. The van der Waals surface area contributed by atoms with E-state index in [1.165, 1.54) is 24.3 Å². The number of benzene rings is 2. The molecule has 0 aromatic heterocycles. The summed E-state index contributed by atoms with van der Waals surface area (Å²) in [5.41, 5.74) is 2.04. The quantitative estimate of drug-likeness (QED) is 0.264. The molecule has 10 nitrogen and oxygen atoms in total. The molecule has 26 heteroatoms. The first-order valence-corrected chi connectivity index (χ1v) is 11.2. The zero-order chi connectivity index (χ0) is 19.0. The van der Waals surface area contributed by atoms with E-state index in [1.54, 1.807) is 24.3 Å². The van der Waals surface area contributed by atoms with Crippen LogP contribution in [0.5, 0.6) is 0 Å². The average molecular weight is 885 g/mol. The van der Waals surface area contributed by atoms with Crippen molar-refractivity contribution in [2.45, 2.75) is 38.5 Å². The van der Waals surface area contributed by atoms with Crippen molar-refractivity contribution >= 4 is 114 Å². The molecular weight excluding hydrogens is 849 g/mol. The Balaban J connectivity index is -0.00000000910. The number of aryl methyl sites for hydroxylation is 2. The number of rotatable bonds is 2. The summed E-state index contributed by atoms with van der Waals surface area (Å²) in [4.78, 5) is 0.385. The van der Waals surface area contributed by atoms with Crippen molar-refractivity contribution in [2.24, 2.45) is 0 Å². The van der Waals surface area contributed by atoms with Gasteiger partial charge in [-0.15, -0.1) is 12.4 Å². The number of halogens is 4. The van der Waals surface area contributed by atoms with Gasteiger partial charge in [-0.2, -0.15) is 0 Å². The first kappa shape index (κ1) is 125. The van der Waals surface area contributed by atoms with Crippen LogP contribution in [0.4, 0.5) is 0 Å². The summed E-state index contributed by atoms with van der Waals surface area (Å²) in [6, 6.07) is 12.9. The van der Waals surface area contributed by atoms with E-state index >= 15 is 0 Å². The van der Waals surface area contributed by atoms with Crippen LogP contribution in [0.3, 0.4) is 0 Å². The van der Waals surface area contributed by atoms with E-state index in [1.807, 2.05) is 13.8 Å². The van der Waals surface area contributed by atoms with Gasteiger partial charge in [-0.05, 0) is 78.0 Å². The van der Waals surface area contributed by atoms with Gasteiger partial charge in [0.15, 0.2) is 0 Å². The fourth-order valence-corrected chi connectivity index (χ4v) is 3.02. The summed E-state index contributed by atoms with van der Waals surface area (Å²) in [5.74, 6) is 0. The van der Waals surface area contributed by atoms with Gasteiger partial charge >= 0.3 is 252 Å².